The number of nitrogens with zero attached hydrogens (tertiary/aromatic N) is 2. The van der Waals surface area contributed by atoms with Crippen LogP contribution in [0.15, 0.2) is 18.2 Å². The van der Waals surface area contributed by atoms with E-state index in [-0.39, 0.29) is 29.0 Å². The van der Waals surface area contributed by atoms with E-state index in [0.717, 1.165) is 38.4 Å². The maximum absolute atomic E-state index is 12.5. The van der Waals surface area contributed by atoms with Gasteiger partial charge in [0.2, 0.25) is 0 Å². The number of hydrogen-bond donors (Lipinski definition) is 1. The van der Waals surface area contributed by atoms with Gasteiger partial charge in [-0.1, -0.05) is 6.92 Å². The van der Waals surface area contributed by atoms with Gasteiger partial charge in [0, 0.05) is 25.8 Å². The number of hydrogen-bond acceptors (Lipinski definition) is 5. The van der Waals surface area contributed by atoms with Crippen LogP contribution in [0.2, 0.25) is 0 Å². The SMILES string of the molecule is CCCO[C@@H]1CCCN(C(=O)c2ccc([N+](=O)[O-])cc2O)CC1. The van der Waals surface area contributed by atoms with Gasteiger partial charge in [-0.15, -0.1) is 0 Å². The Morgan fingerprint density at radius 1 is 1.43 bits per heavy atom. The van der Waals surface area contributed by atoms with Gasteiger partial charge in [-0.05, 0) is 31.7 Å². The van der Waals surface area contributed by atoms with Crippen LogP contribution in [0, 0.1) is 10.1 Å². The van der Waals surface area contributed by atoms with E-state index in [9.17, 15) is 20.0 Å². The highest BCUT2D eigenvalue weighted by atomic mass is 16.6. The molecule has 0 radical (unpaired) electrons. The number of benzene rings is 1. The fourth-order valence-corrected chi connectivity index (χ4v) is 2.70. The van der Waals surface area contributed by atoms with Crippen LogP contribution >= 0.6 is 0 Å². The van der Waals surface area contributed by atoms with E-state index in [4.69, 9.17) is 4.74 Å². The fourth-order valence-electron chi connectivity index (χ4n) is 2.70. The number of nitro benzene ring substituents is 1. The molecule has 1 atom stereocenters. The van der Waals surface area contributed by atoms with Crippen molar-refractivity contribution >= 4 is 11.6 Å². The van der Waals surface area contributed by atoms with E-state index < -0.39 is 4.92 Å². The molecule has 1 N–H and O–H groups in total. The van der Waals surface area contributed by atoms with Crippen molar-refractivity contribution in [2.45, 2.75) is 38.7 Å². The van der Waals surface area contributed by atoms with Crippen molar-refractivity contribution in [1.29, 1.82) is 0 Å². The van der Waals surface area contributed by atoms with Crippen molar-refractivity contribution in [3.8, 4) is 5.75 Å². The average molecular weight is 322 g/mol. The molecule has 0 bridgehead atoms. The summed E-state index contributed by atoms with van der Waals surface area (Å²) in [6.45, 7) is 3.94. The third-order valence-corrected chi connectivity index (χ3v) is 3.94. The molecule has 0 spiro atoms. The number of likely N-dealkylation sites (tertiary alicyclic amines) is 1. The summed E-state index contributed by atoms with van der Waals surface area (Å²) in [5, 5.41) is 20.6. The van der Waals surface area contributed by atoms with E-state index in [0.29, 0.717) is 13.1 Å². The quantitative estimate of drug-likeness (QED) is 0.664. The normalized spacial score (nSPS) is 18.5. The third kappa shape index (κ3) is 4.41. The predicted octanol–water partition coefficient (Wildman–Crippen LogP) is 2.72. The number of phenolic OH excluding ortho intramolecular Hbond substituents is 1. The summed E-state index contributed by atoms with van der Waals surface area (Å²) in [6, 6.07) is 3.56. The highest BCUT2D eigenvalue weighted by Gasteiger charge is 2.24. The van der Waals surface area contributed by atoms with Crippen LogP contribution in [-0.4, -0.2) is 46.6 Å². The van der Waals surface area contributed by atoms with Crippen LogP contribution in [0.1, 0.15) is 43.0 Å². The van der Waals surface area contributed by atoms with E-state index in [1.807, 2.05) is 0 Å². The lowest BCUT2D eigenvalue weighted by Crippen LogP contribution is -2.32. The number of aromatic hydroxyl groups is 1. The van der Waals surface area contributed by atoms with Gasteiger partial charge in [0.15, 0.2) is 0 Å². The van der Waals surface area contributed by atoms with Crippen molar-refractivity contribution in [2.75, 3.05) is 19.7 Å². The molecule has 1 aromatic carbocycles. The van der Waals surface area contributed by atoms with E-state index >= 15 is 0 Å². The maximum Gasteiger partial charge on any atom is 0.273 e. The molecule has 126 valence electrons. The van der Waals surface area contributed by atoms with Crippen molar-refractivity contribution in [2.24, 2.45) is 0 Å². The average Bonchev–Trinajstić information content (AvgIpc) is 2.77. The lowest BCUT2D eigenvalue weighted by Gasteiger charge is -2.21. The molecule has 0 aliphatic carbocycles. The Morgan fingerprint density at radius 2 is 2.22 bits per heavy atom. The Labute approximate surface area is 135 Å². The fraction of sp³-hybridized carbons (Fsp3) is 0.562. The van der Waals surface area contributed by atoms with Crippen molar-refractivity contribution in [3.63, 3.8) is 0 Å². The van der Waals surface area contributed by atoms with Crippen LogP contribution in [0.5, 0.6) is 5.75 Å². The van der Waals surface area contributed by atoms with Crippen LogP contribution in [0.25, 0.3) is 0 Å². The second-order valence-electron chi connectivity index (χ2n) is 5.67. The number of rotatable bonds is 5. The van der Waals surface area contributed by atoms with Crippen LogP contribution in [0.3, 0.4) is 0 Å². The summed E-state index contributed by atoms with van der Waals surface area (Å²) in [5.74, 6) is -0.652. The second kappa shape index (κ2) is 7.92. The van der Waals surface area contributed by atoms with E-state index in [1.165, 1.54) is 12.1 Å². The number of carbonyl (C=O) groups is 1. The minimum absolute atomic E-state index is 0.100. The number of ether oxygens (including phenoxy) is 1. The standard InChI is InChI=1S/C16H22N2O5/c1-2-10-23-13-4-3-8-17(9-7-13)16(20)14-6-5-12(18(21)22)11-15(14)19/h5-6,11,13,19H,2-4,7-10H2,1H3/t13-/m1/s1. The first-order valence-electron chi connectivity index (χ1n) is 7.91. The Kier molecular flexibility index (Phi) is 5.92. The zero-order chi connectivity index (χ0) is 16.8. The molecule has 23 heavy (non-hydrogen) atoms. The molecule has 1 amide bonds. The molecule has 7 heteroatoms. The summed E-state index contributed by atoms with van der Waals surface area (Å²) < 4.78 is 5.75. The van der Waals surface area contributed by atoms with Gasteiger partial charge >= 0.3 is 0 Å². The first-order chi connectivity index (χ1) is 11.0. The Bertz CT molecular complexity index is 576. The summed E-state index contributed by atoms with van der Waals surface area (Å²) in [5.41, 5.74) is -0.133. The van der Waals surface area contributed by atoms with E-state index in [1.54, 1.807) is 4.90 Å². The molecule has 1 fully saturated rings. The topological polar surface area (TPSA) is 92.9 Å². The first-order valence-corrected chi connectivity index (χ1v) is 7.91. The second-order valence-corrected chi connectivity index (χ2v) is 5.67. The Hall–Kier alpha value is -2.15. The van der Waals surface area contributed by atoms with Gasteiger partial charge in [0.25, 0.3) is 11.6 Å². The molecule has 0 saturated carbocycles. The van der Waals surface area contributed by atoms with Gasteiger partial charge in [0.05, 0.1) is 22.7 Å². The van der Waals surface area contributed by atoms with Gasteiger partial charge in [-0.25, -0.2) is 0 Å². The van der Waals surface area contributed by atoms with Crippen molar-refractivity contribution in [3.05, 3.63) is 33.9 Å². The minimum atomic E-state index is -0.602. The minimum Gasteiger partial charge on any atom is -0.507 e. The van der Waals surface area contributed by atoms with Crippen LogP contribution < -0.4 is 0 Å². The predicted molar refractivity (Wildman–Crippen MR) is 84.5 cm³/mol. The maximum atomic E-state index is 12.5. The first kappa shape index (κ1) is 17.2. The molecule has 1 saturated heterocycles. The highest BCUT2D eigenvalue weighted by Crippen LogP contribution is 2.26. The number of phenols is 1. The molecule has 7 nitrogen and oxygen atoms in total. The molecular weight excluding hydrogens is 300 g/mol. The Balaban J connectivity index is 2.04. The highest BCUT2D eigenvalue weighted by molar-refractivity contribution is 5.97. The van der Waals surface area contributed by atoms with Crippen LogP contribution in [-0.2, 0) is 4.74 Å². The van der Waals surface area contributed by atoms with Crippen molar-refractivity contribution in [1.82, 2.24) is 4.90 Å². The number of amides is 1. The molecular formula is C16H22N2O5. The number of carbonyl (C=O) groups excluding carboxylic acids is 1. The van der Waals surface area contributed by atoms with Crippen molar-refractivity contribution < 1.29 is 19.6 Å². The van der Waals surface area contributed by atoms with Gasteiger partial charge in [0.1, 0.15) is 5.75 Å². The molecule has 0 aromatic heterocycles. The lowest BCUT2D eigenvalue weighted by atomic mass is 10.1. The van der Waals surface area contributed by atoms with Crippen LogP contribution in [0.4, 0.5) is 5.69 Å². The number of nitro groups is 1. The molecule has 1 aliphatic rings. The monoisotopic (exact) mass is 322 g/mol. The Morgan fingerprint density at radius 3 is 2.87 bits per heavy atom. The number of non-ortho nitro benzene ring substituents is 1. The summed E-state index contributed by atoms with van der Waals surface area (Å²) in [7, 11) is 0. The summed E-state index contributed by atoms with van der Waals surface area (Å²) in [6.07, 6.45) is 3.65. The lowest BCUT2D eigenvalue weighted by molar-refractivity contribution is -0.384. The summed E-state index contributed by atoms with van der Waals surface area (Å²) >= 11 is 0. The zero-order valence-corrected chi connectivity index (χ0v) is 13.2. The molecule has 1 heterocycles. The van der Waals surface area contributed by atoms with Gasteiger partial charge in [-0.2, -0.15) is 0 Å². The third-order valence-electron chi connectivity index (χ3n) is 3.94. The van der Waals surface area contributed by atoms with Gasteiger partial charge in [-0.3, -0.25) is 14.9 Å². The van der Waals surface area contributed by atoms with E-state index in [2.05, 4.69) is 6.92 Å². The van der Waals surface area contributed by atoms with Gasteiger partial charge < -0.3 is 14.7 Å². The smallest absolute Gasteiger partial charge is 0.273 e. The molecule has 1 aromatic rings. The largest absolute Gasteiger partial charge is 0.507 e. The molecule has 0 unspecified atom stereocenters. The summed E-state index contributed by atoms with van der Waals surface area (Å²) in [4.78, 5) is 24.3. The zero-order valence-electron chi connectivity index (χ0n) is 13.2. The molecule has 1 aliphatic heterocycles. The molecule has 2 rings (SSSR count).